The van der Waals surface area contributed by atoms with Crippen LogP contribution >= 0.6 is 11.6 Å². The van der Waals surface area contributed by atoms with E-state index in [0.717, 1.165) is 30.6 Å². The molecule has 0 spiro atoms. The minimum Gasteiger partial charge on any atom is -0.312 e. The molecule has 114 valence electrons. The molecule has 0 fully saturated rings. The average molecular weight is 308 g/mol. The van der Waals surface area contributed by atoms with Gasteiger partial charge in [-0.2, -0.15) is 0 Å². The van der Waals surface area contributed by atoms with Crippen LogP contribution in [0, 0.1) is 5.41 Å². The Morgan fingerprint density at radius 1 is 1.29 bits per heavy atom. The van der Waals surface area contributed by atoms with Crippen LogP contribution in [0.1, 0.15) is 50.0 Å². The van der Waals surface area contributed by atoms with Crippen molar-refractivity contribution in [3.63, 3.8) is 0 Å². The molecule has 1 heterocycles. The lowest BCUT2D eigenvalue weighted by Gasteiger charge is -2.34. The number of rotatable bonds is 2. The summed E-state index contributed by atoms with van der Waals surface area (Å²) >= 11 is 5.87. The maximum absolute atomic E-state index is 12.5. The molecule has 0 N–H and O–H groups in total. The van der Waals surface area contributed by atoms with E-state index in [-0.39, 0.29) is 11.7 Å². The summed E-state index contributed by atoms with van der Waals surface area (Å²) in [6, 6.07) is 5.54. The molecule has 0 aliphatic carbocycles. The molecule has 4 heteroatoms. The van der Waals surface area contributed by atoms with Gasteiger partial charge < -0.3 is 4.90 Å². The maximum atomic E-state index is 12.5. The summed E-state index contributed by atoms with van der Waals surface area (Å²) in [5.41, 5.74) is 2.21. The van der Waals surface area contributed by atoms with Crippen LogP contribution in [0.25, 0.3) is 0 Å². The summed E-state index contributed by atoms with van der Waals surface area (Å²) in [6.45, 7) is 8.20. The van der Waals surface area contributed by atoms with E-state index in [1.165, 1.54) is 0 Å². The summed E-state index contributed by atoms with van der Waals surface area (Å²) in [7, 11) is 0. The van der Waals surface area contributed by atoms with Crippen LogP contribution in [0.2, 0.25) is 0 Å². The Balaban J connectivity index is 2.37. The van der Waals surface area contributed by atoms with E-state index < -0.39 is 10.8 Å². The molecule has 1 aromatic carbocycles. The molecule has 1 aliphatic rings. The fraction of sp³-hybridized carbons (Fsp3) is 0.529. The fourth-order valence-electron chi connectivity index (χ4n) is 2.60. The third-order valence-corrected chi connectivity index (χ3v) is 3.93. The summed E-state index contributed by atoms with van der Waals surface area (Å²) < 4.78 is 0. The van der Waals surface area contributed by atoms with Gasteiger partial charge in [0.2, 0.25) is 5.91 Å². The van der Waals surface area contributed by atoms with E-state index in [1.807, 2.05) is 37.8 Å². The Hall–Kier alpha value is -1.35. The number of nitrogens with zero attached hydrogens (tertiary/aromatic N) is 1. The molecule has 0 saturated carbocycles. The third kappa shape index (κ3) is 3.29. The highest BCUT2D eigenvalue weighted by molar-refractivity contribution is 6.33. The molecule has 2 rings (SSSR count). The number of fused-ring (bicyclic) bond motifs is 1. The second-order valence-electron chi connectivity index (χ2n) is 6.63. The van der Waals surface area contributed by atoms with Gasteiger partial charge in [-0.3, -0.25) is 9.59 Å². The van der Waals surface area contributed by atoms with Crippen molar-refractivity contribution in [3.8, 4) is 0 Å². The number of Topliss-reactive ketones (excluding diaryl/α,β-unsaturated/α-hetero) is 1. The number of hydrogen-bond donors (Lipinski definition) is 0. The van der Waals surface area contributed by atoms with Crippen LogP contribution < -0.4 is 4.90 Å². The molecule has 3 nitrogen and oxygen atoms in total. The highest BCUT2D eigenvalue weighted by Gasteiger charge is 2.31. The summed E-state index contributed by atoms with van der Waals surface area (Å²) in [5.74, 6) is 0.0481. The highest BCUT2D eigenvalue weighted by Crippen LogP contribution is 2.32. The van der Waals surface area contributed by atoms with Gasteiger partial charge in [0.25, 0.3) is 0 Å². The largest absolute Gasteiger partial charge is 0.312 e. The minimum absolute atomic E-state index is 0.0706. The standard InChI is InChI=1S/C17H22ClNO2/c1-11(18)15(20)13-7-8-14-12(10-13)6-5-9-19(14)16(21)17(2,3)4/h7-8,10-11H,5-6,9H2,1-4H3. The van der Waals surface area contributed by atoms with Gasteiger partial charge in [-0.05, 0) is 43.5 Å². The van der Waals surface area contributed by atoms with Crippen LogP contribution in [-0.2, 0) is 11.2 Å². The Bertz CT molecular complexity index is 573. The quantitative estimate of drug-likeness (QED) is 0.615. The Kier molecular flexibility index (Phi) is 4.43. The summed E-state index contributed by atoms with van der Waals surface area (Å²) in [4.78, 5) is 26.4. The third-order valence-electron chi connectivity index (χ3n) is 3.73. The second-order valence-corrected chi connectivity index (χ2v) is 7.29. The van der Waals surface area contributed by atoms with E-state index in [9.17, 15) is 9.59 Å². The molecule has 1 unspecified atom stereocenters. The predicted molar refractivity (Wildman–Crippen MR) is 86.2 cm³/mol. The highest BCUT2D eigenvalue weighted by atomic mass is 35.5. The topological polar surface area (TPSA) is 37.4 Å². The van der Waals surface area contributed by atoms with Crippen molar-refractivity contribution in [3.05, 3.63) is 29.3 Å². The molecule has 0 radical (unpaired) electrons. The summed E-state index contributed by atoms with van der Waals surface area (Å²) in [6.07, 6.45) is 1.81. The van der Waals surface area contributed by atoms with Gasteiger partial charge in [0.05, 0.1) is 5.38 Å². The van der Waals surface area contributed by atoms with Crippen LogP contribution in [-0.4, -0.2) is 23.6 Å². The molecule has 0 aromatic heterocycles. The van der Waals surface area contributed by atoms with E-state index in [2.05, 4.69) is 0 Å². The van der Waals surface area contributed by atoms with E-state index in [4.69, 9.17) is 11.6 Å². The van der Waals surface area contributed by atoms with Crippen LogP contribution in [0.5, 0.6) is 0 Å². The van der Waals surface area contributed by atoms with E-state index in [1.54, 1.807) is 13.0 Å². The SMILES string of the molecule is CC(Cl)C(=O)c1ccc2c(c1)CCCN2C(=O)C(C)(C)C. The number of alkyl halides is 1. The van der Waals surface area contributed by atoms with Crippen molar-refractivity contribution in [2.75, 3.05) is 11.4 Å². The van der Waals surface area contributed by atoms with Crippen molar-refractivity contribution in [2.45, 2.75) is 45.9 Å². The van der Waals surface area contributed by atoms with Gasteiger partial charge >= 0.3 is 0 Å². The zero-order valence-electron chi connectivity index (χ0n) is 13.1. The smallest absolute Gasteiger partial charge is 0.232 e. The number of carbonyl (C=O) groups excluding carboxylic acids is 2. The van der Waals surface area contributed by atoms with E-state index >= 15 is 0 Å². The number of benzene rings is 1. The first-order chi connectivity index (χ1) is 9.71. The van der Waals surface area contributed by atoms with Gasteiger partial charge in [0.15, 0.2) is 5.78 Å². The first-order valence-corrected chi connectivity index (χ1v) is 7.78. The first kappa shape index (κ1) is 16.0. The van der Waals surface area contributed by atoms with Gasteiger partial charge in [0.1, 0.15) is 0 Å². The average Bonchev–Trinajstić information content (AvgIpc) is 2.43. The first-order valence-electron chi connectivity index (χ1n) is 7.35. The normalized spacial score (nSPS) is 16.3. The maximum Gasteiger partial charge on any atom is 0.232 e. The van der Waals surface area contributed by atoms with Crippen LogP contribution in [0.4, 0.5) is 5.69 Å². The fourth-order valence-corrected chi connectivity index (χ4v) is 2.72. The molecule has 1 atom stereocenters. The molecular weight excluding hydrogens is 286 g/mol. The molecule has 1 aliphatic heterocycles. The minimum atomic E-state index is -0.529. The lowest BCUT2D eigenvalue weighted by Crippen LogP contribution is -2.42. The van der Waals surface area contributed by atoms with Crippen molar-refractivity contribution >= 4 is 29.0 Å². The number of halogens is 1. The lowest BCUT2D eigenvalue weighted by molar-refractivity contribution is -0.125. The lowest BCUT2D eigenvalue weighted by atomic mass is 9.91. The van der Waals surface area contributed by atoms with Crippen molar-refractivity contribution in [2.24, 2.45) is 5.41 Å². The van der Waals surface area contributed by atoms with Gasteiger partial charge in [-0.15, -0.1) is 11.6 Å². The Morgan fingerprint density at radius 2 is 1.95 bits per heavy atom. The molecule has 0 saturated heterocycles. The zero-order chi connectivity index (χ0) is 15.8. The second kappa shape index (κ2) is 5.80. The predicted octanol–water partition coefficient (Wildman–Crippen LogP) is 3.82. The molecule has 1 aromatic rings. The number of amides is 1. The van der Waals surface area contributed by atoms with Crippen LogP contribution in [0.15, 0.2) is 18.2 Å². The Labute approximate surface area is 131 Å². The zero-order valence-corrected chi connectivity index (χ0v) is 13.8. The molecule has 0 bridgehead atoms. The number of hydrogen-bond acceptors (Lipinski definition) is 2. The van der Waals surface area contributed by atoms with Gasteiger partial charge in [-0.25, -0.2) is 0 Å². The number of carbonyl (C=O) groups is 2. The van der Waals surface area contributed by atoms with Crippen molar-refractivity contribution in [1.82, 2.24) is 0 Å². The Morgan fingerprint density at radius 3 is 2.52 bits per heavy atom. The molecule has 21 heavy (non-hydrogen) atoms. The summed E-state index contributed by atoms with van der Waals surface area (Å²) in [5, 5.41) is -0.529. The number of aryl methyl sites for hydroxylation is 1. The number of ketones is 1. The monoisotopic (exact) mass is 307 g/mol. The van der Waals surface area contributed by atoms with E-state index in [0.29, 0.717) is 5.56 Å². The molecular formula is C17H22ClNO2. The van der Waals surface area contributed by atoms with Crippen molar-refractivity contribution in [1.29, 1.82) is 0 Å². The van der Waals surface area contributed by atoms with Gasteiger partial charge in [-0.1, -0.05) is 20.8 Å². The van der Waals surface area contributed by atoms with Crippen molar-refractivity contribution < 1.29 is 9.59 Å². The number of anilines is 1. The van der Waals surface area contributed by atoms with Gasteiger partial charge in [0, 0.05) is 23.2 Å². The van der Waals surface area contributed by atoms with Crippen LogP contribution in [0.3, 0.4) is 0 Å². The molecule has 1 amide bonds.